The van der Waals surface area contributed by atoms with Gasteiger partial charge in [0.2, 0.25) is 11.8 Å². The topological polar surface area (TPSA) is 100 Å². The van der Waals surface area contributed by atoms with Crippen molar-refractivity contribution in [2.45, 2.75) is 12.8 Å². The van der Waals surface area contributed by atoms with Crippen LogP contribution in [0.15, 0.2) is 48.7 Å². The van der Waals surface area contributed by atoms with Crippen LogP contribution in [0.25, 0.3) is 0 Å². The van der Waals surface area contributed by atoms with Gasteiger partial charge < -0.3 is 19.6 Å². The first-order valence-corrected chi connectivity index (χ1v) is 9.39. The van der Waals surface area contributed by atoms with Crippen molar-refractivity contribution in [1.29, 1.82) is 0 Å². The Kier molecular flexibility index (Phi) is 6.43. The van der Waals surface area contributed by atoms with Crippen LogP contribution in [0.4, 0.5) is 0 Å². The Hall–Kier alpha value is -3.42. The number of pyridine rings is 1. The Morgan fingerprint density at radius 2 is 1.83 bits per heavy atom. The quantitative estimate of drug-likeness (QED) is 0.803. The van der Waals surface area contributed by atoms with Gasteiger partial charge in [0.15, 0.2) is 0 Å². The van der Waals surface area contributed by atoms with E-state index >= 15 is 0 Å². The third-order valence-corrected chi connectivity index (χ3v) is 4.86. The van der Waals surface area contributed by atoms with Gasteiger partial charge in [-0.1, -0.05) is 18.2 Å². The number of nitrogens with zero attached hydrogens (tertiary/aromatic N) is 3. The normalized spacial score (nSPS) is 14.3. The summed E-state index contributed by atoms with van der Waals surface area (Å²) >= 11 is 0. The van der Waals surface area contributed by atoms with Gasteiger partial charge in [-0.3, -0.25) is 14.4 Å². The first-order valence-electron chi connectivity index (χ1n) is 9.39. The minimum absolute atomic E-state index is 0.0706. The molecule has 1 aromatic carbocycles. The van der Waals surface area contributed by atoms with E-state index in [1.807, 2.05) is 18.2 Å². The first-order chi connectivity index (χ1) is 13.9. The SMILES string of the molecule is CN(CC(=O)N1CCC(C(=O)O)CC1)C(=O)c1ccc(Oc2ccccc2)nc1. The van der Waals surface area contributed by atoms with Gasteiger partial charge in [0.05, 0.1) is 18.0 Å². The number of hydrogen-bond donors (Lipinski definition) is 1. The number of carboxylic acid groups (broad SMARTS) is 1. The Bertz CT molecular complexity index is 862. The third-order valence-electron chi connectivity index (χ3n) is 4.86. The van der Waals surface area contributed by atoms with E-state index in [0.717, 1.165) is 0 Å². The smallest absolute Gasteiger partial charge is 0.306 e. The zero-order valence-corrected chi connectivity index (χ0v) is 16.2. The predicted molar refractivity (Wildman–Crippen MR) is 105 cm³/mol. The zero-order valence-electron chi connectivity index (χ0n) is 16.2. The highest BCUT2D eigenvalue weighted by Crippen LogP contribution is 2.19. The number of likely N-dealkylation sites (N-methyl/N-ethyl adjacent to an activating group) is 1. The maximum atomic E-state index is 12.6. The lowest BCUT2D eigenvalue weighted by Gasteiger charge is -2.31. The fraction of sp³-hybridized carbons (Fsp3) is 0.333. The molecule has 2 amide bonds. The second kappa shape index (κ2) is 9.18. The molecule has 29 heavy (non-hydrogen) atoms. The van der Waals surface area contributed by atoms with Crippen molar-refractivity contribution < 1.29 is 24.2 Å². The van der Waals surface area contributed by atoms with Crippen molar-refractivity contribution in [3.05, 3.63) is 54.2 Å². The van der Waals surface area contributed by atoms with Crippen molar-refractivity contribution in [1.82, 2.24) is 14.8 Å². The van der Waals surface area contributed by atoms with Gasteiger partial charge in [-0.15, -0.1) is 0 Å². The first kappa shape index (κ1) is 20.3. The molecule has 1 aliphatic heterocycles. The second-order valence-corrected chi connectivity index (χ2v) is 6.95. The van der Waals surface area contributed by atoms with Crippen LogP contribution in [-0.4, -0.2) is 64.4 Å². The lowest BCUT2D eigenvalue weighted by atomic mass is 9.97. The van der Waals surface area contributed by atoms with Gasteiger partial charge >= 0.3 is 5.97 Å². The molecule has 1 fully saturated rings. The van der Waals surface area contributed by atoms with Crippen molar-refractivity contribution in [2.75, 3.05) is 26.7 Å². The van der Waals surface area contributed by atoms with Crippen molar-refractivity contribution >= 4 is 17.8 Å². The number of para-hydroxylation sites is 1. The van der Waals surface area contributed by atoms with Crippen LogP contribution in [0, 0.1) is 5.92 Å². The molecule has 2 aromatic rings. The van der Waals surface area contributed by atoms with Gasteiger partial charge in [-0.2, -0.15) is 0 Å². The summed E-state index contributed by atoms with van der Waals surface area (Å²) in [6.07, 6.45) is 2.29. The number of ether oxygens (including phenoxy) is 1. The minimum atomic E-state index is -0.823. The number of hydrogen-bond acceptors (Lipinski definition) is 5. The van der Waals surface area contributed by atoms with Gasteiger partial charge in [0.25, 0.3) is 5.91 Å². The molecule has 1 N–H and O–H groups in total. The molecule has 2 heterocycles. The van der Waals surface area contributed by atoms with Crippen LogP contribution in [0.3, 0.4) is 0 Å². The maximum absolute atomic E-state index is 12.6. The number of aromatic nitrogens is 1. The van der Waals surface area contributed by atoms with Gasteiger partial charge in [0.1, 0.15) is 5.75 Å². The fourth-order valence-electron chi connectivity index (χ4n) is 3.15. The number of carbonyl (C=O) groups is 3. The standard InChI is InChI=1S/C21H23N3O5/c1-23(14-19(25)24-11-9-15(10-12-24)21(27)28)20(26)16-7-8-18(22-13-16)29-17-5-3-2-4-6-17/h2-8,13,15H,9-12,14H2,1H3,(H,27,28). The lowest BCUT2D eigenvalue weighted by molar-refractivity contribution is -0.145. The molecule has 0 atom stereocenters. The molecule has 1 aliphatic rings. The van der Waals surface area contributed by atoms with Crippen LogP contribution in [0.2, 0.25) is 0 Å². The van der Waals surface area contributed by atoms with Crippen LogP contribution < -0.4 is 4.74 Å². The monoisotopic (exact) mass is 397 g/mol. The summed E-state index contributed by atoms with van der Waals surface area (Å²) in [4.78, 5) is 43.1. The molecule has 152 valence electrons. The predicted octanol–water partition coefficient (Wildman–Crippen LogP) is 2.27. The fourth-order valence-corrected chi connectivity index (χ4v) is 3.15. The Morgan fingerprint density at radius 3 is 2.41 bits per heavy atom. The van der Waals surface area contributed by atoms with Gasteiger partial charge in [-0.25, -0.2) is 4.98 Å². The summed E-state index contributed by atoms with van der Waals surface area (Å²) in [6.45, 7) is 0.717. The molecule has 0 saturated carbocycles. The third kappa shape index (κ3) is 5.31. The maximum Gasteiger partial charge on any atom is 0.306 e. The number of rotatable bonds is 6. The largest absolute Gasteiger partial charge is 0.481 e. The molecule has 0 bridgehead atoms. The van der Waals surface area contributed by atoms with E-state index in [1.54, 1.807) is 36.2 Å². The molecular weight excluding hydrogens is 374 g/mol. The summed E-state index contributed by atoms with van der Waals surface area (Å²) in [6, 6.07) is 12.4. The molecular formula is C21H23N3O5. The van der Waals surface area contributed by atoms with E-state index in [2.05, 4.69) is 4.98 Å². The van der Waals surface area contributed by atoms with Crippen LogP contribution in [-0.2, 0) is 9.59 Å². The Balaban J connectivity index is 1.53. The summed E-state index contributed by atoms with van der Waals surface area (Å²) in [7, 11) is 1.55. The summed E-state index contributed by atoms with van der Waals surface area (Å²) < 4.78 is 5.60. The minimum Gasteiger partial charge on any atom is -0.481 e. The van der Waals surface area contributed by atoms with Crippen LogP contribution in [0.5, 0.6) is 11.6 Å². The highest BCUT2D eigenvalue weighted by Gasteiger charge is 2.28. The second-order valence-electron chi connectivity index (χ2n) is 6.95. The number of likely N-dealkylation sites (tertiary alicyclic amines) is 1. The van der Waals surface area contributed by atoms with Crippen molar-refractivity contribution in [3.8, 4) is 11.6 Å². The molecule has 3 rings (SSSR count). The van der Waals surface area contributed by atoms with E-state index in [0.29, 0.717) is 43.1 Å². The molecule has 0 unspecified atom stereocenters. The number of aliphatic carboxylic acids is 1. The summed E-state index contributed by atoms with van der Waals surface area (Å²) in [5.41, 5.74) is 0.352. The Labute approximate surface area is 168 Å². The van der Waals surface area contributed by atoms with E-state index in [1.165, 1.54) is 11.1 Å². The van der Waals surface area contributed by atoms with E-state index in [9.17, 15) is 14.4 Å². The molecule has 0 aliphatic carbocycles. The summed E-state index contributed by atoms with van der Waals surface area (Å²) in [5, 5.41) is 9.04. The average molecular weight is 397 g/mol. The molecule has 8 nitrogen and oxygen atoms in total. The molecule has 8 heteroatoms. The van der Waals surface area contributed by atoms with E-state index in [4.69, 9.17) is 9.84 Å². The molecule has 0 spiro atoms. The molecule has 1 aromatic heterocycles. The number of amides is 2. The number of carboxylic acids is 1. The van der Waals surface area contributed by atoms with Crippen molar-refractivity contribution in [3.63, 3.8) is 0 Å². The van der Waals surface area contributed by atoms with Gasteiger partial charge in [-0.05, 0) is 31.0 Å². The van der Waals surface area contributed by atoms with E-state index < -0.39 is 11.9 Å². The summed E-state index contributed by atoms with van der Waals surface area (Å²) in [5.74, 6) is -0.724. The van der Waals surface area contributed by atoms with Crippen LogP contribution in [0.1, 0.15) is 23.2 Å². The highest BCUT2D eigenvalue weighted by molar-refractivity contribution is 5.96. The van der Waals surface area contributed by atoms with Gasteiger partial charge in [0, 0.05) is 32.4 Å². The molecule has 0 radical (unpaired) electrons. The average Bonchev–Trinajstić information content (AvgIpc) is 2.74. The van der Waals surface area contributed by atoms with E-state index in [-0.39, 0.29) is 18.4 Å². The molecule has 1 saturated heterocycles. The van der Waals surface area contributed by atoms with Crippen molar-refractivity contribution in [2.24, 2.45) is 5.92 Å². The number of benzene rings is 1. The Morgan fingerprint density at radius 1 is 1.14 bits per heavy atom. The van der Waals surface area contributed by atoms with Crippen LogP contribution >= 0.6 is 0 Å². The number of carbonyl (C=O) groups excluding carboxylic acids is 2. The number of piperidine rings is 1. The lowest BCUT2D eigenvalue weighted by Crippen LogP contribution is -2.45. The zero-order chi connectivity index (χ0) is 20.8. The highest BCUT2D eigenvalue weighted by atomic mass is 16.5.